The molecule has 0 bridgehead atoms. The van der Waals surface area contributed by atoms with Gasteiger partial charge in [-0.25, -0.2) is 0 Å². The van der Waals surface area contributed by atoms with Gasteiger partial charge >= 0.3 is 0 Å². The standard InChI is InChI=1S/C8H12ClNO/c9-5-6-4-8(11)10-3-1-2-7(6)10/h6-7H,1-5H2/t6-,7-/m0/s1. The average molecular weight is 174 g/mol. The van der Waals surface area contributed by atoms with E-state index in [9.17, 15) is 4.79 Å². The smallest absolute Gasteiger partial charge is 0.223 e. The van der Waals surface area contributed by atoms with Gasteiger partial charge in [-0.05, 0) is 12.8 Å². The van der Waals surface area contributed by atoms with Gasteiger partial charge in [0.25, 0.3) is 0 Å². The first kappa shape index (κ1) is 7.41. The van der Waals surface area contributed by atoms with Gasteiger partial charge < -0.3 is 4.90 Å². The molecule has 0 unspecified atom stereocenters. The molecule has 2 heterocycles. The van der Waals surface area contributed by atoms with Crippen LogP contribution in [0.3, 0.4) is 0 Å². The number of fused-ring (bicyclic) bond motifs is 1. The Kier molecular flexibility index (Phi) is 1.80. The van der Waals surface area contributed by atoms with Crippen molar-refractivity contribution >= 4 is 17.5 Å². The molecule has 2 nitrogen and oxygen atoms in total. The molecule has 0 spiro atoms. The van der Waals surface area contributed by atoms with Gasteiger partial charge in [-0.1, -0.05) is 0 Å². The molecule has 11 heavy (non-hydrogen) atoms. The topological polar surface area (TPSA) is 20.3 Å². The molecule has 3 heteroatoms. The maximum absolute atomic E-state index is 11.3. The Hall–Kier alpha value is -0.240. The van der Waals surface area contributed by atoms with Crippen molar-refractivity contribution in [1.82, 2.24) is 4.90 Å². The van der Waals surface area contributed by atoms with Crippen LogP contribution in [0.5, 0.6) is 0 Å². The van der Waals surface area contributed by atoms with Crippen LogP contribution in [0, 0.1) is 5.92 Å². The lowest BCUT2D eigenvalue weighted by molar-refractivity contribution is -0.127. The molecule has 2 rings (SSSR count). The lowest BCUT2D eigenvalue weighted by Gasteiger charge is -2.17. The van der Waals surface area contributed by atoms with Crippen LogP contribution < -0.4 is 0 Å². The first-order valence-corrected chi connectivity index (χ1v) is 4.72. The van der Waals surface area contributed by atoms with E-state index in [0.717, 1.165) is 6.54 Å². The van der Waals surface area contributed by atoms with E-state index >= 15 is 0 Å². The van der Waals surface area contributed by atoms with E-state index in [-0.39, 0.29) is 0 Å². The number of amides is 1. The Morgan fingerprint density at radius 1 is 1.64 bits per heavy atom. The van der Waals surface area contributed by atoms with Crippen molar-refractivity contribution in [3.63, 3.8) is 0 Å². The molecule has 62 valence electrons. The molecule has 0 N–H and O–H groups in total. The highest BCUT2D eigenvalue weighted by molar-refractivity contribution is 6.18. The van der Waals surface area contributed by atoms with E-state index in [1.807, 2.05) is 4.90 Å². The highest BCUT2D eigenvalue weighted by Crippen LogP contribution is 2.33. The number of alkyl halides is 1. The number of hydrogen-bond acceptors (Lipinski definition) is 1. The van der Waals surface area contributed by atoms with Crippen molar-refractivity contribution in [1.29, 1.82) is 0 Å². The third kappa shape index (κ3) is 1.04. The minimum Gasteiger partial charge on any atom is -0.339 e. The van der Waals surface area contributed by atoms with Crippen LogP contribution in [0.1, 0.15) is 19.3 Å². The zero-order valence-corrected chi connectivity index (χ0v) is 7.18. The average Bonchev–Trinajstić information content (AvgIpc) is 2.54. The predicted octanol–water partition coefficient (Wildman–Crippen LogP) is 1.24. The fraction of sp³-hybridized carbons (Fsp3) is 0.875. The number of halogens is 1. The molecule has 2 fully saturated rings. The maximum atomic E-state index is 11.3. The summed E-state index contributed by atoms with van der Waals surface area (Å²) in [6.45, 7) is 0.969. The van der Waals surface area contributed by atoms with Gasteiger partial charge in [0, 0.05) is 30.8 Å². The molecular formula is C8H12ClNO. The van der Waals surface area contributed by atoms with E-state index in [0.29, 0.717) is 30.2 Å². The summed E-state index contributed by atoms with van der Waals surface area (Å²) >= 11 is 5.76. The SMILES string of the molecule is O=C1C[C@@H](CCl)[C@@H]2CCCN12. The van der Waals surface area contributed by atoms with Crippen molar-refractivity contribution in [3.8, 4) is 0 Å². The monoisotopic (exact) mass is 173 g/mol. The second-order valence-electron chi connectivity index (χ2n) is 3.42. The fourth-order valence-electron chi connectivity index (χ4n) is 2.23. The number of nitrogens with zero attached hydrogens (tertiary/aromatic N) is 1. The van der Waals surface area contributed by atoms with Gasteiger partial charge in [-0.2, -0.15) is 0 Å². The van der Waals surface area contributed by atoms with E-state index in [1.54, 1.807) is 0 Å². The fourth-order valence-corrected chi connectivity index (χ4v) is 2.54. The zero-order chi connectivity index (χ0) is 7.84. The number of rotatable bonds is 1. The maximum Gasteiger partial charge on any atom is 0.223 e. The molecule has 0 aromatic heterocycles. The van der Waals surface area contributed by atoms with Crippen LogP contribution in [0.2, 0.25) is 0 Å². The van der Waals surface area contributed by atoms with Crippen molar-refractivity contribution < 1.29 is 4.79 Å². The first-order valence-electron chi connectivity index (χ1n) is 4.18. The Morgan fingerprint density at radius 3 is 3.18 bits per heavy atom. The van der Waals surface area contributed by atoms with Crippen LogP contribution in [-0.4, -0.2) is 29.3 Å². The van der Waals surface area contributed by atoms with Crippen molar-refractivity contribution in [3.05, 3.63) is 0 Å². The Morgan fingerprint density at radius 2 is 2.45 bits per heavy atom. The summed E-state index contributed by atoms with van der Waals surface area (Å²) in [5.74, 6) is 1.40. The summed E-state index contributed by atoms with van der Waals surface area (Å²) in [4.78, 5) is 13.3. The molecule has 2 atom stereocenters. The molecule has 2 aliphatic heterocycles. The summed E-state index contributed by atoms with van der Waals surface area (Å²) < 4.78 is 0. The Labute approximate surface area is 71.5 Å². The molecule has 0 aliphatic carbocycles. The molecule has 0 saturated carbocycles. The summed E-state index contributed by atoms with van der Waals surface area (Å²) in [6, 6.07) is 0.486. The van der Waals surface area contributed by atoms with Crippen molar-refractivity contribution in [2.24, 2.45) is 5.92 Å². The molecule has 2 saturated heterocycles. The highest BCUT2D eigenvalue weighted by atomic mass is 35.5. The molecule has 0 aromatic rings. The lowest BCUT2D eigenvalue weighted by Crippen LogP contribution is -2.29. The summed E-state index contributed by atoms with van der Waals surface area (Å²) in [7, 11) is 0. The Balaban J connectivity index is 2.13. The molecule has 2 aliphatic rings. The molecule has 0 aromatic carbocycles. The summed E-state index contributed by atoms with van der Waals surface area (Å²) in [6.07, 6.45) is 3.03. The zero-order valence-electron chi connectivity index (χ0n) is 6.42. The lowest BCUT2D eigenvalue weighted by atomic mass is 10.0. The largest absolute Gasteiger partial charge is 0.339 e. The van der Waals surface area contributed by atoms with E-state index < -0.39 is 0 Å². The second-order valence-corrected chi connectivity index (χ2v) is 3.72. The Bertz CT molecular complexity index is 183. The van der Waals surface area contributed by atoms with Gasteiger partial charge in [-0.15, -0.1) is 11.6 Å². The van der Waals surface area contributed by atoms with Gasteiger partial charge in [0.05, 0.1) is 0 Å². The molecule has 0 radical (unpaired) electrons. The van der Waals surface area contributed by atoms with E-state index in [1.165, 1.54) is 12.8 Å². The van der Waals surface area contributed by atoms with Gasteiger partial charge in [0.1, 0.15) is 0 Å². The van der Waals surface area contributed by atoms with E-state index in [2.05, 4.69) is 0 Å². The third-order valence-corrected chi connectivity index (χ3v) is 3.20. The van der Waals surface area contributed by atoms with Crippen LogP contribution in [-0.2, 0) is 4.79 Å². The normalized spacial score (nSPS) is 36.5. The molecule has 1 amide bonds. The van der Waals surface area contributed by atoms with Crippen LogP contribution in [0.15, 0.2) is 0 Å². The van der Waals surface area contributed by atoms with Gasteiger partial charge in [0.2, 0.25) is 5.91 Å². The quantitative estimate of drug-likeness (QED) is 0.547. The predicted molar refractivity (Wildman–Crippen MR) is 43.6 cm³/mol. The first-order chi connectivity index (χ1) is 5.33. The highest BCUT2D eigenvalue weighted by Gasteiger charge is 2.41. The van der Waals surface area contributed by atoms with Crippen molar-refractivity contribution in [2.45, 2.75) is 25.3 Å². The van der Waals surface area contributed by atoms with Crippen LogP contribution in [0.25, 0.3) is 0 Å². The number of carbonyl (C=O) groups is 1. The summed E-state index contributed by atoms with van der Waals surface area (Å²) in [5.41, 5.74) is 0. The van der Waals surface area contributed by atoms with E-state index in [4.69, 9.17) is 11.6 Å². The van der Waals surface area contributed by atoms with Crippen LogP contribution in [0.4, 0.5) is 0 Å². The third-order valence-electron chi connectivity index (χ3n) is 2.80. The van der Waals surface area contributed by atoms with Crippen LogP contribution >= 0.6 is 11.6 Å². The minimum atomic E-state index is 0.318. The van der Waals surface area contributed by atoms with Crippen molar-refractivity contribution in [2.75, 3.05) is 12.4 Å². The van der Waals surface area contributed by atoms with Gasteiger partial charge in [0.15, 0.2) is 0 Å². The molecular weight excluding hydrogens is 162 g/mol. The van der Waals surface area contributed by atoms with Gasteiger partial charge in [-0.3, -0.25) is 4.79 Å². The second kappa shape index (κ2) is 2.67. The number of carbonyl (C=O) groups excluding carboxylic acids is 1. The minimum absolute atomic E-state index is 0.318. The summed E-state index contributed by atoms with van der Waals surface area (Å²) in [5, 5.41) is 0. The number of hydrogen-bond donors (Lipinski definition) is 0.